The van der Waals surface area contributed by atoms with Gasteiger partial charge in [-0.1, -0.05) is 30.3 Å². The Kier molecular flexibility index (Phi) is 5.50. The maximum Gasteiger partial charge on any atom is 0.287 e. The third kappa shape index (κ3) is 4.28. The summed E-state index contributed by atoms with van der Waals surface area (Å²) in [5, 5.41) is 6.09. The van der Waals surface area contributed by atoms with Crippen molar-refractivity contribution < 1.29 is 14.0 Å². The summed E-state index contributed by atoms with van der Waals surface area (Å²) in [5.41, 5.74) is 0.999. The van der Waals surface area contributed by atoms with Crippen LogP contribution in [0.1, 0.15) is 22.5 Å². The maximum absolute atomic E-state index is 13.0. The van der Waals surface area contributed by atoms with E-state index in [1.54, 1.807) is 24.1 Å². The standard InChI is InChI=1S/C19H23N3O3/c1-22(15-9-10-20-13-15)19(24)16(12-14-6-3-2-4-7-14)21-18(23)17-8-5-11-25-17/h2-8,11,15-16,20H,9-10,12-13H2,1H3,(H,21,23). The molecule has 2 N–H and O–H groups in total. The van der Waals surface area contributed by atoms with Crippen LogP contribution in [0.4, 0.5) is 0 Å². The summed E-state index contributed by atoms with van der Waals surface area (Å²) in [5.74, 6) is -0.259. The van der Waals surface area contributed by atoms with Gasteiger partial charge in [-0.05, 0) is 30.7 Å². The summed E-state index contributed by atoms with van der Waals surface area (Å²) >= 11 is 0. The average Bonchev–Trinajstić information content (AvgIpc) is 3.34. The minimum Gasteiger partial charge on any atom is -0.459 e. The molecule has 0 bridgehead atoms. The van der Waals surface area contributed by atoms with E-state index in [1.165, 1.54) is 6.26 Å². The second-order valence-corrected chi connectivity index (χ2v) is 6.29. The summed E-state index contributed by atoms with van der Waals surface area (Å²) in [4.78, 5) is 27.1. The third-order valence-corrected chi connectivity index (χ3v) is 4.56. The molecular formula is C19H23N3O3. The molecule has 0 spiro atoms. The Balaban J connectivity index is 1.75. The predicted molar refractivity (Wildman–Crippen MR) is 94.2 cm³/mol. The monoisotopic (exact) mass is 341 g/mol. The molecule has 1 aliphatic rings. The molecule has 1 aliphatic heterocycles. The normalized spacial score (nSPS) is 17.9. The number of nitrogens with zero attached hydrogens (tertiary/aromatic N) is 1. The van der Waals surface area contributed by atoms with Crippen LogP contribution in [-0.2, 0) is 11.2 Å². The van der Waals surface area contributed by atoms with Crippen LogP contribution in [0.2, 0.25) is 0 Å². The van der Waals surface area contributed by atoms with Crippen molar-refractivity contribution in [2.45, 2.75) is 24.9 Å². The summed E-state index contributed by atoms with van der Waals surface area (Å²) in [6, 6.07) is 12.5. The third-order valence-electron chi connectivity index (χ3n) is 4.56. The van der Waals surface area contributed by atoms with Crippen molar-refractivity contribution in [1.29, 1.82) is 0 Å². The SMILES string of the molecule is CN(C(=O)C(Cc1ccccc1)NC(=O)c1ccco1)C1CCNC1. The van der Waals surface area contributed by atoms with Gasteiger partial charge in [0.2, 0.25) is 5.91 Å². The van der Waals surface area contributed by atoms with Gasteiger partial charge in [0.1, 0.15) is 6.04 Å². The molecule has 2 amide bonds. The first-order valence-corrected chi connectivity index (χ1v) is 8.51. The highest BCUT2D eigenvalue weighted by atomic mass is 16.3. The van der Waals surface area contributed by atoms with E-state index in [1.807, 2.05) is 30.3 Å². The van der Waals surface area contributed by atoms with Crippen molar-refractivity contribution in [2.75, 3.05) is 20.1 Å². The van der Waals surface area contributed by atoms with Crippen LogP contribution < -0.4 is 10.6 Å². The topological polar surface area (TPSA) is 74.6 Å². The molecule has 2 atom stereocenters. The Bertz CT molecular complexity index is 694. The van der Waals surface area contributed by atoms with Crippen LogP contribution >= 0.6 is 0 Å². The molecule has 1 aromatic heterocycles. The van der Waals surface area contributed by atoms with Crippen LogP contribution in [0, 0.1) is 0 Å². The Labute approximate surface area is 147 Å². The fourth-order valence-corrected chi connectivity index (χ4v) is 3.08. The molecule has 6 nitrogen and oxygen atoms in total. The molecule has 2 aromatic rings. The lowest BCUT2D eigenvalue weighted by Gasteiger charge is -2.28. The Hall–Kier alpha value is -2.60. The minimum atomic E-state index is -0.634. The fourth-order valence-electron chi connectivity index (χ4n) is 3.08. The van der Waals surface area contributed by atoms with Gasteiger partial charge in [0.05, 0.1) is 6.26 Å². The molecule has 0 aliphatic carbocycles. The Morgan fingerprint density at radius 2 is 2.08 bits per heavy atom. The van der Waals surface area contributed by atoms with Crippen molar-refractivity contribution in [3.8, 4) is 0 Å². The van der Waals surface area contributed by atoms with Gasteiger partial charge in [-0.25, -0.2) is 0 Å². The highest BCUT2D eigenvalue weighted by Crippen LogP contribution is 2.12. The minimum absolute atomic E-state index is 0.0857. The van der Waals surface area contributed by atoms with E-state index in [-0.39, 0.29) is 23.6 Å². The molecule has 2 unspecified atom stereocenters. The highest BCUT2D eigenvalue weighted by Gasteiger charge is 2.30. The van der Waals surface area contributed by atoms with E-state index in [2.05, 4.69) is 10.6 Å². The van der Waals surface area contributed by atoms with E-state index in [4.69, 9.17) is 4.42 Å². The van der Waals surface area contributed by atoms with Crippen LogP contribution in [0.3, 0.4) is 0 Å². The first-order chi connectivity index (χ1) is 12.1. The van der Waals surface area contributed by atoms with E-state index in [9.17, 15) is 9.59 Å². The number of furan rings is 1. The second-order valence-electron chi connectivity index (χ2n) is 6.29. The maximum atomic E-state index is 13.0. The van der Waals surface area contributed by atoms with Crippen molar-refractivity contribution in [2.24, 2.45) is 0 Å². The highest BCUT2D eigenvalue weighted by molar-refractivity contribution is 5.95. The number of carbonyl (C=O) groups is 2. The molecule has 132 valence electrons. The Morgan fingerprint density at radius 1 is 1.28 bits per heavy atom. The lowest BCUT2D eigenvalue weighted by molar-refractivity contribution is -0.133. The smallest absolute Gasteiger partial charge is 0.287 e. The van der Waals surface area contributed by atoms with Gasteiger partial charge in [0, 0.05) is 26.1 Å². The van der Waals surface area contributed by atoms with Gasteiger partial charge < -0.3 is 20.0 Å². The van der Waals surface area contributed by atoms with E-state index >= 15 is 0 Å². The number of nitrogens with one attached hydrogen (secondary N) is 2. The van der Waals surface area contributed by atoms with Crippen molar-refractivity contribution in [1.82, 2.24) is 15.5 Å². The largest absolute Gasteiger partial charge is 0.459 e. The molecule has 3 rings (SSSR count). The summed E-state index contributed by atoms with van der Waals surface area (Å²) < 4.78 is 5.14. The lowest BCUT2D eigenvalue weighted by Crippen LogP contribution is -2.51. The van der Waals surface area contributed by atoms with Crippen LogP contribution in [0.25, 0.3) is 0 Å². The van der Waals surface area contributed by atoms with E-state index in [0.717, 1.165) is 25.1 Å². The quantitative estimate of drug-likeness (QED) is 0.834. The van der Waals surface area contributed by atoms with Gasteiger partial charge in [0.15, 0.2) is 5.76 Å². The number of amides is 2. The number of carbonyl (C=O) groups excluding carboxylic acids is 2. The number of hydrogen-bond donors (Lipinski definition) is 2. The van der Waals surface area contributed by atoms with Crippen molar-refractivity contribution in [3.05, 3.63) is 60.1 Å². The van der Waals surface area contributed by atoms with Crippen molar-refractivity contribution >= 4 is 11.8 Å². The molecular weight excluding hydrogens is 318 g/mol. The molecule has 6 heteroatoms. The van der Waals surface area contributed by atoms with Gasteiger partial charge in [-0.2, -0.15) is 0 Å². The van der Waals surface area contributed by atoms with Crippen molar-refractivity contribution in [3.63, 3.8) is 0 Å². The zero-order valence-electron chi connectivity index (χ0n) is 14.3. The molecule has 0 saturated carbocycles. The average molecular weight is 341 g/mol. The van der Waals surface area contributed by atoms with Crippen LogP contribution in [-0.4, -0.2) is 48.9 Å². The van der Waals surface area contributed by atoms with Crippen LogP contribution in [0.5, 0.6) is 0 Å². The molecule has 1 fully saturated rings. The summed E-state index contributed by atoms with van der Waals surface area (Å²) in [7, 11) is 1.80. The molecule has 1 aromatic carbocycles. The number of benzene rings is 1. The number of rotatable bonds is 6. The molecule has 2 heterocycles. The zero-order chi connectivity index (χ0) is 17.6. The van der Waals surface area contributed by atoms with Crippen LogP contribution in [0.15, 0.2) is 53.1 Å². The van der Waals surface area contributed by atoms with Gasteiger partial charge in [-0.3, -0.25) is 9.59 Å². The zero-order valence-corrected chi connectivity index (χ0v) is 14.3. The molecule has 0 radical (unpaired) electrons. The predicted octanol–water partition coefficient (Wildman–Crippen LogP) is 1.44. The van der Waals surface area contributed by atoms with Gasteiger partial charge in [0.25, 0.3) is 5.91 Å². The number of hydrogen-bond acceptors (Lipinski definition) is 4. The first-order valence-electron chi connectivity index (χ1n) is 8.51. The summed E-state index contributed by atoms with van der Waals surface area (Å²) in [6.45, 7) is 1.69. The fraction of sp³-hybridized carbons (Fsp3) is 0.368. The lowest BCUT2D eigenvalue weighted by atomic mass is 10.0. The van der Waals surface area contributed by atoms with E-state index in [0.29, 0.717) is 6.42 Å². The van der Waals surface area contributed by atoms with Gasteiger partial charge >= 0.3 is 0 Å². The number of likely N-dealkylation sites (N-methyl/N-ethyl adjacent to an activating group) is 1. The first kappa shape index (κ1) is 17.2. The second kappa shape index (κ2) is 7.98. The molecule has 1 saturated heterocycles. The summed E-state index contributed by atoms with van der Waals surface area (Å²) in [6.07, 6.45) is 2.81. The Morgan fingerprint density at radius 3 is 2.72 bits per heavy atom. The van der Waals surface area contributed by atoms with E-state index < -0.39 is 6.04 Å². The van der Waals surface area contributed by atoms with Gasteiger partial charge in [-0.15, -0.1) is 0 Å². The molecule has 25 heavy (non-hydrogen) atoms.